The van der Waals surface area contributed by atoms with E-state index in [1.807, 2.05) is 0 Å². The minimum absolute atomic E-state index is 0.00493. The predicted octanol–water partition coefficient (Wildman–Crippen LogP) is 2.82. The summed E-state index contributed by atoms with van der Waals surface area (Å²) in [6.45, 7) is -0.111. The molecule has 0 aliphatic rings. The second kappa shape index (κ2) is 4.58. The monoisotopic (exact) mass is 266 g/mol. The number of carbonyl (C=O) groups excluding carboxylic acids is 1. The van der Waals surface area contributed by atoms with Crippen molar-refractivity contribution in [2.24, 2.45) is 0 Å². The summed E-state index contributed by atoms with van der Waals surface area (Å²) < 4.78 is 18.3. The summed E-state index contributed by atoms with van der Waals surface area (Å²) in [5.41, 5.74) is 0. The lowest BCUT2D eigenvalue weighted by atomic mass is 10.3. The first-order valence-electron chi connectivity index (χ1n) is 3.36. The van der Waals surface area contributed by atoms with E-state index in [0.717, 1.165) is 6.07 Å². The zero-order chi connectivity index (χ0) is 9.84. The fourth-order valence-electron chi connectivity index (χ4n) is 0.739. The Morgan fingerprint density at radius 2 is 2.31 bits per heavy atom. The SMILES string of the molecule is O=CCOc1cc(F)c(Cl)cc1Br. The Morgan fingerprint density at radius 3 is 2.92 bits per heavy atom. The first-order chi connectivity index (χ1) is 6.15. The Kier molecular flexibility index (Phi) is 3.69. The molecule has 0 saturated heterocycles. The van der Waals surface area contributed by atoms with Crippen molar-refractivity contribution in [2.75, 3.05) is 6.61 Å². The first-order valence-corrected chi connectivity index (χ1v) is 4.53. The molecule has 0 unspecified atom stereocenters. The predicted molar refractivity (Wildman–Crippen MR) is 50.7 cm³/mol. The summed E-state index contributed by atoms with van der Waals surface area (Å²) in [5, 5.41) is 0.00493. The van der Waals surface area contributed by atoms with Gasteiger partial charge >= 0.3 is 0 Å². The molecule has 13 heavy (non-hydrogen) atoms. The van der Waals surface area contributed by atoms with Gasteiger partial charge in [0.2, 0.25) is 0 Å². The Morgan fingerprint density at radius 1 is 1.62 bits per heavy atom. The molecule has 0 N–H and O–H groups in total. The van der Waals surface area contributed by atoms with Gasteiger partial charge in [-0.2, -0.15) is 0 Å². The number of hydrogen-bond donors (Lipinski definition) is 0. The van der Waals surface area contributed by atoms with E-state index in [1.54, 1.807) is 0 Å². The highest BCUT2D eigenvalue weighted by Gasteiger charge is 2.07. The van der Waals surface area contributed by atoms with E-state index in [4.69, 9.17) is 16.3 Å². The lowest BCUT2D eigenvalue weighted by molar-refractivity contribution is -0.109. The quantitative estimate of drug-likeness (QED) is 0.622. The summed E-state index contributed by atoms with van der Waals surface area (Å²) in [6, 6.07) is 2.49. The zero-order valence-electron chi connectivity index (χ0n) is 6.39. The number of halogens is 3. The highest BCUT2D eigenvalue weighted by atomic mass is 79.9. The largest absolute Gasteiger partial charge is 0.485 e. The van der Waals surface area contributed by atoms with Crippen LogP contribution in [-0.4, -0.2) is 12.9 Å². The van der Waals surface area contributed by atoms with Crippen LogP contribution in [-0.2, 0) is 4.79 Å². The summed E-state index contributed by atoms with van der Waals surface area (Å²) in [4.78, 5) is 9.98. The minimum atomic E-state index is -0.578. The molecule has 0 heterocycles. The van der Waals surface area contributed by atoms with Gasteiger partial charge in [0.05, 0.1) is 9.50 Å². The Labute approximate surface area is 87.8 Å². The number of benzene rings is 1. The first kappa shape index (κ1) is 10.5. The summed E-state index contributed by atoms with van der Waals surface area (Å²) in [5.74, 6) is -0.320. The maximum absolute atomic E-state index is 12.9. The third-order valence-electron chi connectivity index (χ3n) is 1.28. The smallest absolute Gasteiger partial charge is 0.157 e. The molecule has 0 atom stereocenters. The fourth-order valence-corrected chi connectivity index (χ4v) is 1.49. The number of aldehydes is 1. The van der Waals surface area contributed by atoms with Gasteiger partial charge in [-0.25, -0.2) is 4.39 Å². The van der Waals surface area contributed by atoms with Crippen LogP contribution in [0.4, 0.5) is 4.39 Å². The van der Waals surface area contributed by atoms with Crippen molar-refractivity contribution < 1.29 is 13.9 Å². The highest BCUT2D eigenvalue weighted by Crippen LogP contribution is 2.30. The number of hydrogen-bond acceptors (Lipinski definition) is 2. The minimum Gasteiger partial charge on any atom is -0.485 e. The zero-order valence-corrected chi connectivity index (χ0v) is 8.73. The third-order valence-corrected chi connectivity index (χ3v) is 2.19. The van der Waals surface area contributed by atoms with Gasteiger partial charge in [0.1, 0.15) is 18.2 Å². The molecule has 0 aliphatic carbocycles. The van der Waals surface area contributed by atoms with Gasteiger partial charge in [0.15, 0.2) is 6.29 Å². The van der Waals surface area contributed by atoms with E-state index in [-0.39, 0.29) is 17.4 Å². The Hall–Kier alpha value is -0.610. The van der Waals surface area contributed by atoms with Gasteiger partial charge in [-0.15, -0.1) is 0 Å². The van der Waals surface area contributed by atoms with Crippen molar-refractivity contribution in [3.8, 4) is 5.75 Å². The molecular formula is C8H5BrClFO2. The molecule has 2 nitrogen and oxygen atoms in total. The van der Waals surface area contributed by atoms with E-state index < -0.39 is 5.82 Å². The maximum Gasteiger partial charge on any atom is 0.157 e. The summed E-state index contributed by atoms with van der Waals surface area (Å²) >= 11 is 8.61. The van der Waals surface area contributed by atoms with Crippen molar-refractivity contribution in [1.29, 1.82) is 0 Å². The molecule has 0 aromatic heterocycles. The van der Waals surface area contributed by atoms with Crippen LogP contribution >= 0.6 is 27.5 Å². The topological polar surface area (TPSA) is 26.3 Å². The molecule has 0 amide bonds. The van der Waals surface area contributed by atoms with Gasteiger partial charge in [-0.1, -0.05) is 11.6 Å². The van der Waals surface area contributed by atoms with Crippen LogP contribution in [0.5, 0.6) is 5.75 Å². The van der Waals surface area contributed by atoms with Gasteiger partial charge in [0, 0.05) is 6.07 Å². The second-order valence-corrected chi connectivity index (χ2v) is 3.44. The molecule has 70 valence electrons. The molecule has 1 aromatic rings. The lowest BCUT2D eigenvalue weighted by Crippen LogP contribution is -1.98. The number of carbonyl (C=O) groups is 1. The van der Waals surface area contributed by atoms with Gasteiger partial charge in [0.25, 0.3) is 0 Å². The molecule has 5 heteroatoms. The van der Waals surface area contributed by atoms with Crippen LogP contribution in [0, 0.1) is 5.82 Å². The molecule has 0 spiro atoms. The fraction of sp³-hybridized carbons (Fsp3) is 0.125. The van der Waals surface area contributed by atoms with Crippen molar-refractivity contribution in [2.45, 2.75) is 0 Å². The molecule has 1 aromatic carbocycles. The molecule has 0 aliphatic heterocycles. The standard InChI is InChI=1S/C8H5BrClFO2/c9-5-3-6(10)7(11)4-8(5)13-2-1-12/h1,3-4H,2H2. The summed E-state index contributed by atoms with van der Waals surface area (Å²) in [6.07, 6.45) is 0.582. The van der Waals surface area contributed by atoms with Crippen LogP contribution in [0.15, 0.2) is 16.6 Å². The molecule has 0 radical (unpaired) electrons. The van der Waals surface area contributed by atoms with Gasteiger partial charge in [-0.05, 0) is 22.0 Å². The highest BCUT2D eigenvalue weighted by molar-refractivity contribution is 9.10. The summed E-state index contributed by atoms with van der Waals surface area (Å²) in [7, 11) is 0. The molecular weight excluding hydrogens is 262 g/mol. The third kappa shape index (κ3) is 2.67. The normalized spacial score (nSPS) is 9.77. The van der Waals surface area contributed by atoms with Crippen LogP contribution in [0.3, 0.4) is 0 Å². The van der Waals surface area contributed by atoms with Crippen molar-refractivity contribution in [3.05, 3.63) is 27.4 Å². The lowest BCUT2D eigenvalue weighted by Gasteiger charge is -2.05. The van der Waals surface area contributed by atoms with Crippen molar-refractivity contribution in [1.82, 2.24) is 0 Å². The van der Waals surface area contributed by atoms with Gasteiger partial charge < -0.3 is 4.74 Å². The molecule has 0 bridgehead atoms. The van der Waals surface area contributed by atoms with Gasteiger partial charge in [-0.3, -0.25) is 4.79 Å². The number of rotatable bonds is 3. The molecule has 0 fully saturated rings. The van der Waals surface area contributed by atoms with E-state index in [0.29, 0.717) is 10.8 Å². The molecule has 0 saturated carbocycles. The van der Waals surface area contributed by atoms with E-state index in [1.165, 1.54) is 6.07 Å². The van der Waals surface area contributed by atoms with Crippen molar-refractivity contribution in [3.63, 3.8) is 0 Å². The molecule has 1 rings (SSSR count). The van der Waals surface area contributed by atoms with Crippen LogP contribution in [0.25, 0.3) is 0 Å². The van der Waals surface area contributed by atoms with Crippen LogP contribution < -0.4 is 4.74 Å². The Balaban J connectivity index is 2.94. The van der Waals surface area contributed by atoms with Crippen molar-refractivity contribution >= 4 is 33.8 Å². The maximum atomic E-state index is 12.9. The number of ether oxygens (including phenoxy) is 1. The Bertz CT molecular complexity index is 330. The van der Waals surface area contributed by atoms with Crippen LogP contribution in [0.1, 0.15) is 0 Å². The second-order valence-electron chi connectivity index (χ2n) is 2.17. The average molecular weight is 267 g/mol. The van der Waals surface area contributed by atoms with E-state index in [9.17, 15) is 9.18 Å². The van der Waals surface area contributed by atoms with Crippen LogP contribution in [0.2, 0.25) is 5.02 Å². The van der Waals surface area contributed by atoms with E-state index >= 15 is 0 Å². The average Bonchev–Trinajstić information content (AvgIpc) is 2.09. The van der Waals surface area contributed by atoms with E-state index in [2.05, 4.69) is 15.9 Å².